The van der Waals surface area contributed by atoms with Gasteiger partial charge in [0.25, 0.3) is 5.91 Å². The molecule has 0 fully saturated rings. The van der Waals surface area contributed by atoms with Crippen molar-refractivity contribution in [2.24, 2.45) is 0 Å². The van der Waals surface area contributed by atoms with Gasteiger partial charge in [0.05, 0.1) is 6.42 Å². The zero-order valence-corrected chi connectivity index (χ0v) is 19.8. The minimum atomic E-state index is -0.0627. The fourth-order valence-electron chi connectivity index (χ4n) is 4.33. The zero-order chi connectivity index (χ0) is 23.4. The van der Waals surface area contributed by atoms with Gasteiger partial charge in [0.2, 0.25) is 5.91 Å². The lowest BCUT2D eigenvalue weighted by atomic mass is 9.99. The van der Waals surface area contributed by atoms with Crippen molar-refractivity contribution < 1.29 is 9.59 Å². The molecule has 0 heterocycles. The van der Waals surface area contributed by atoms with Crippen molar-refractivity contribution in [3.8, 4) is 0 Å². The number of rotatable bonds is 6. The van der Waals surface area contributed by atoms with Crippen LogP contribution < -0.4 is 10.6 Å². The largest absolute Gasteiger partial charge is 0.348 e. The molecule has 0 radical (unpaired) electrons. The van der Waals surface area contributed by atoms with Gasteiger partial charge in [-0.1, -0.05) is 59.7 Å². The molecule has 0 atom stereocenters. The van der Waals surface area contributed by atoms with Crippen LogP contribution >= 0.6 is 0 Å². The van der Waals surface area contributed by atoms with Crippen LogP contribution in [0.2, 0.25) is 0 Å². The van der Waals surface area contributed by atoms with Crippen LogP contribution in [0, 0.1) is 41.5 Å². The molecule has 32 heavy (non-hydrogen) atoms. The van der Waals surface area contributed by atoms with E-state index in [0.717, 1.165) is 50.2 Å². The minimum Gasteiger partial charge on any atom is -0.348 e. The molecule has 0 saturated carbocycles. The number of anilines is 1. The van der Waals surface area contributed by atoms with E-state index in [1.807, 2.05) is 71.0 Å². The first kappa shape index (κ1) is 23.3. The Balaban J connectivity index is 1.59. The van der Waals surface area contributed by atoms with Crippen molar-refractivity contribution in [2.45, 2.75) is 54.5 Å². The summed E-state index contributed by atoms with van der Waals surface area (Å²) in [7, 11) is 0. The molecule has 3 rings (SSSR count). The summed E-state index contributed by atoms with van der Waals surface area (Å²) in [5.74, 6) is -0.0984. The first-order valence-electron chi connectivity index (χ1n) is 11.0. The van der Waals surface area contributed by atoms with Gasteiger partial charge in [-0.3, -0.25) is 9.59 Å². The van der Waals surface area contributed by atoms with Gasteiger partial charge in [0.1, 0.15) is 0 Å². The van der Waals surface area contributed by atoms with E-state index in [0.29, 0.717) is 13.0 Å². The lowest BCUT2D eigenvalue weighted by molar-refractivity contribution is -0.115. The molecule has 0 saturated heterocycles. The van der Waals surface area contributed by atoms with E-state index in [1.54, 1.807) is 0 Å². The molecule has 0 unspecified atom stereocenters. The van der Waals surface area contributed by atoms with Gasteiger partial charge in [0.15, 0.2) is 0 Å². The Morgan fingerprint density at radius 1 is 0.688 bits per heavy atom. The second kappa shape index (κ2) is 9.82. The quantitative estimate of drug-likeness (QED) is 0.533. The normalized spacial score (nSPS) is 10.7. The first-order valence-corrected chi connectivity index (χ1v) is 11.0. The molecule has 3 aromatic rings. The maximum absolute atomic E-state index is 12.7. The number of carbonyl (C=O) groups is 2. The van der Waals surface area contributed by atoms with Gasteiger partial charge in [-0.05, 0) is 74.9 Å². The smallest absolute Gasteiger partial charge is 0.252 e. The molecule has 4 nitrogen and oxygen atoms in total. The van der Waals surface area contributed by atoms with E-state index in [1.165, 1.54) is 5.56 Å². The lowest BCUT2D eigenvalue weighted by Crippen LogP contribution is -2.24. The summed E-state index contributed by atoms with van der Waals surface area (Å²) in [4.78, 5) is 25.2. The molecule has 166 valence electrons. The summed E-state index contributed by atoms with van der Waals surface area (Å²) >= 11 is 0. The number of benzene rings is 3. The van der Waals surface area contributed by atoms with Crippen LogP contribution in [0.4, 0.5) is 5.69 Å². The number of aryl methyl sites for hydroxylation is 6. The van der Waals surface area contributed by atoms with Crippen molar-refractivity contribution in [1.29, 1.82) is 0 Å². The maximum atomic E-state index is 12.7. The Labute approximate surface area is 191 Å². The Morgan fingerprint density at radius 2 is 1.16 bits per heavy atom. The molecule has 3 aromatic carbocycles. The highest BCUT2D eigenvalue weighted by Gasteiger charge is 2.13. The summed E-state index contributed by atoms with van der Waals surface area (Å²) < 4.78 is 0. The van der Waals surface area contributed by atoms with Gasteiger partial charge in [-0.25, -0.2) is 0 Å². The second-order valence-corrected chi connectivity index (χ2v) is 8.77. The van der Waals surface area contributed by atoms with Crippen LogP contribution in [0.5, 0.6) is 0 Å². The molecule has 0 bridgehead atoms. The highest BCUT2D eigenvalue weighted by molar-refractivity contribution is 5.97. The van der Waals surface area contributed by atoms with Gasteiger partial charge in [0, 0.05) is 17.8 Å². The monoisotopic (exact) mass is 428 g/mol. The minimum absolute atomic E-state index is 0.0357. The molecule has 0 spiro atoms. The van der Waals surface area contributed by atoms with Crippen LogP contribution in [0.25, 0.3) is 0 Å². The highest BCUT2D eigenvalue weighted by atomic mass is 16.2. The van der Waals surface area contributed by atoms with Crippen LogP contribution in [0.1, 0.15) is 54.9 Å². The predicted octanol–water partition coefficient (Wildman–Crippen LogP) is 5.65. The first-order chi connectivity index (χ1) is 15.1. The standard InChI is InChI=1S/C28H32N2O2/c1-17-11-19(3)26(20(4)12-17)28(32)29-16-24-9-7-23(8-10-24)15-25(31)30-27-21(5)13-18(2)14-22(27)6/h7-14H,15-16H2,1-6H3,(H,29,32)(H,30,31). The molecule has 2 amide bonds. The number of hydrogen-bond donors (Lipinski definition) is 2. The third-order valence-corrected chi connectivity index (χ3v) is 5.69. The number of nitrogens with one attached hydrogen (secondary N) is 2. The average molecular weight is 429 g/mol. The summed E-state index contributed by atoms with van der Waals surface area (Å²) in [5.41, 5.74) is 10.0. The summed E-state index contributed by atoms with van der Waals surface area (Å²) in [6.07, 6.45) is 0.307. The van der Waals surface area contributed by atoms with Crippen LogP contribution in [0.3, 0.4) is 0 Å². The number of amides is 2. The van der Waals surface area contributed by atoms with Crippen molar-refractivity contribution in [1.82, 2.24) is 5.32 Å². The van der Waals surface area contributed by atoms with Crippen molar-refractivity contribution in [2.75, 3.05) is 5.32 Å². The van der Waals surface area contributed by atoms with E-state index in [2.05, 4.69) is 29.7 Å². The van der Waals surface area contributed by atoms with Crippen molar-refractivity contribution in [3.63, 3.8) is 0 Å². The lowest BCUT2D eigenvalue weighted by Gasteiger charge is -2.13. The maximum Gasteiger partial charge on any atom is 0.252 e. The molecule has 0 aromatic heterocycles. The molecule has 0 aliphatic heterocycles. The molecule has 0 aliphatic rings. The average Bonchev–Trinajstić information content (AvgIpc) is 2.69. The summed E-state index contributed by atoms with van der Waals surface area (Å²) in [5, 5.41) is 6.05. The Kier molecular flexibility index (Phi) is 7.14. The fraction of sp³-hybridized carbons (Fsp3) is 0.286. The second-order valence-electron chi connectivity index (χ2n) is 8.77. The van der Waals surface area contributed by atoms with Gasteiger partial charge in [-0.15, -0.1) is 0 Å². The summed E-state index contributed by atoms with van der Waals surface area (Å²) in [6, 6.07) is 16.0. The van der Waals surface area contributed by atoms with Gasteiger partial charge < -0.3 is 10.6 Å². The Morgan fingerprint density at radius 3 is 1.69 bits per heavy atom. The molecule has 4 heteroatoms. The van der Waals surface area contributed by atoms with Crippen LogP contribution in [-0.2, 0) is 17.8 Å². The third-order valence-electron chi connectivity index (χ3n) is 5.69. The van der Waals surface area contributed by atoms with E-state index in [4.69, 9.17) is 0 Å². The molecular formula is C28H32N2O2. The van der Waals surface area contributed by atoms with Gasteiger partial charge >= 0.3 is 0 Å². The molecule has 0 aliphatic carbocycles. The van der Waals surface area contributed by atoms with Gasteiger partial charge in [-0.2, -0.15) is 0 Å². The number of carbonyl (C=O) groups excluding carboxylic acids is 2. The zero-order valence-electron chi connectivity index (χ0n) is 19.8. The SMILES string of the molecule is Cc1cc(C)c(NC(=O)Cc2ccc(CNC(=O)c3c(C)cc(C)cc3C)cc2)c(C)c1. The topological polar surface area (TPSA) is 58.2 Å². The third kappa shape index (κ3) is 5.64. The van der Waals surface area contributed by atoms with Crippen molar-refractivity contribution >= 4 is 17.5 Å². The number of hydrogen-bond acceptors (Lipinski definition) is 2. The Bertz CT molecular complexity index is 1110. The van der Waals surface area contributed by atoms with E-state index < -0.39 is 0 Å². The van der Waals surface area contributed by atoms with Crippen LogP contribution in [0.15, 0.2) is 48.5 Å². The Hall–Kier alpha value is -3.40. The highest BCUT2D eigenvalue weighted by Crippen LogP contribution is 2.22. The molecular weight excluding hydrogens is 396 g/mol. The molecule has 2 N–H and O–H groups in total. The fourth-order valence-corrected chi connectivity index (χ4v) is 4.33. The van der Waals surface area contributed by atoms with E-state index in [-0.39, 0.29) is 11.8 Å². The predicted molar refractivity (Wildman–Crippen MR) is 131 cm³/mol. The summed E-state index contributed by atoms with van der Waals surface area (Å²) in [6.45, 7) is 12.5. The van der Waals surface area contributed by atoms with Crippen LogP contribution in [-0.4, -0.2) is 11.8 Å². The van der Waals surface area contributed by atoms with Crippen molar-refractivity contribution in [3.05, 3.63) is 98.6 Å². The van der Waals surface area contributed by atoms with E-state index >= 15 is 0 Å². The van der Waals surface area contributed by atoms with E-state index in [9.17, 15) is 9.59 Å².